The van der Waals surface area contributed by atoms with Gasteiger partial charge in [-0.1, -0.05) is 116 Å². The van der Waals surface area contributed by atoms with Crippen molar-refractivity contribution in [2.75, 3.05) is 0 Å². The van der Waals surface area contributed by atoms with Crippen LogP contribution in [-0.2, 0) is 0 Å². The largest absolute Gasteiger partial charge is 0.545 e. The van der Waals surface area contributed by atoms with E-state index >= 15 is 0 Å². The molecule has 1 rings (SSSR count). The van der Waals surface area contributed by atoms with Crippen molar-refractivity contribution < 1.29 is 19.8 Å². The fourth-order valence-electron chi connectivity index (χ4n) is 4.28. The van der Waals surface area contributed by atoms with E-state index in [2.05, 4.69) is 13.8 Å². The lowest BCUT2D eigenvalue weighted by atomic mass is 9.84. The third kappa shape index (κ3) is 9.77. The fraction of sp³-hybridized carbons (Fsp3) is 0.692. The number of hydrogen-bond acceptors (Lipinski definition) is 4. The number of unbranched alkanes of at least 4 members (excludes halogenated alkanes) is 11. The van der Waals surface area contributed by atoms with Crippen LogP contribution in [0.1, 0.15) is 142 Å². The molecule has 0 aliphatic rings. The van der Waals surface area contributed by atoms with Crippen LogP contribution in [0.25, 0.3) is 0 Å². The predicted octanol–water partition coefficient (Wildman–Crippen LogP) is 5.39. The molecule has 30 heavy (non-hydrogen) atoms. The molecule has 0 amide bonds. The first kappa shape index (κ1) is 26.2. The van der Waals surface area contributed by atoms with Gasteiger partial charge in [0.15, 0.2) is 0 Å². The van der Waals surface area contributed by atoms with Crippen molar-refractivity contribution in [1.29, 1.82) is 0 Å². The monoisotopic (exact) mass is 416 g/mol. The zero-order valence-electron chi connectivity index (χ0n) is 19.0. The van der Waals surface area contributed by atoms with Crippen molar-refractivity contribution in [2.45, 2.75) is 116 Å². The summed E-state index contributed by atoms with van der Waals surface area (Å²) in [7, 11) is 0. The molecule has 0 aromatic heterocycles. The Morgan fingerprint density at radius 2 is 1.17 bits per heavy atom. The quantitative estimate of drug-likeness (QED) is 0.301. The maximum absolute atomic E-state index is 11.8. The van der Waals surface area contributed by atoms with Crippen LogP contribution in [-0.4, -0.2) is 11.9 Å². The minimum Gasteiger partial charge on any atom is -0.545 e. The van der Waals surface area contributed by atoms with E-state index in [-0.39, 0.29) is 17.0 Å². The number of hydrogen-bond donors (Lipinski definition) is 0. The van der Waals surface area contributed by atoms with E-state index in [1.807, 2.05) is 0 Å². The van der Waals surface area contributed by atoms with Gasteiger partial charge < -0.3 is 19.8 Å². The van der Waals surface area contributed by atoms with Gasteiger partial charge in [-0.05, 0) is 24.3 Å². The lowest BCUT2D eigenvalue weighted by molar-refractivity contribution is -0.259. The Hall–Kier alpha value is -1.84. The van der Waals surface area contributed by atoms with Gasteiger partial charge in [-0.3, -0.25) is 0 Å². The number of aromatic carboxylic acids is 2. The van der Waals surface area contributed by atoms with Gasteiger partial charge in [0.2, 0.25) is 0 Å². The standard InChI is InChI=1S/C26H42O4/c1-3-5-7-9-11-13-15-18-21(17-14-12-10-8-6-4-2)22-19-16-20-23(25(27)28)24(22)26(29)30/h16,19-21H,3-15,17-18H2,1-2H3,(H,27,28)(H,29,30)/p-2. The Bertz CT molecular complexity index is 623. The molecule has 0 aliphatic heterocycles. The van der Waals surface area contributed by atoms with Crippen LogP contribution in [0.2, 0.25) is 0 Å². The number of carbonyl (C=O) groups is 2. The van der Waals surface area contributed by atoms with Gasteiger partial charge in [0.05, 0.1) is 11.9 Å². The van der Waals surface area contributed by atoms with Crippen molar-refractivity contribution in [3.63, 3.8) is 0 Å². The summed E-state index contributed by atoms with van der Waals surface area (Å²) in [4.78, 5) is 23.2. The van der Waals surface area contributed by atoms with Crippen molar-refractivity contribution in [1.82, 2.24) is 0 Å². The zero-order chi connectivity index (χ0) is 22.2. The van der Waals surface area contributed by atoms with E-state index in [0.717, 1.165) is 38.5 Å². The Kier molecular flexibility index (Phi) is 13.9. The average Bonchev–Trinajstić information content (AvgIpc) is 2.73. The topological polar surface area (TPSA) is 80.3 Å². The minimum atomic E-state index is -1.45. The zero-order valence-corrected chi connectivity index (χ0v) is 19.0. The molecule has 0 aliphatic carbocycles. The summed E-state index contributed by atoms with van der Waals surface area (Å²) in [5.74, 6) is -2.82. The van der Waals surface area contributed by atoms with Crippen LogP contribution in [0.3, 0.4) is 0 Å². The Balaban J connectivity index is 2.80. The SMILES string of the molecule is CCCCCCCCCC(CCCCCCCC)c1cccc(C(=O)[O-])c1C(=O)[O-]. The van der Waals surface area contributed by atoms with Crippen LogP contribution in [0.5, 0.6) is 0 Å². The lowest BCUT2D eigenvalue weighted by Gasteiger charge is -2.24. The molecule has 170 valence electrons. The van der Waals surface area contributed by atoms with Gasteiger partial charge in [-0.25, -0.2) is 0 Å². The predicted molar refractivity (Wildman–Crippen MR) is 118 cm³/mol. The Morgan fingerprint density at radius 1 is 0.700 bits per heavy atom. The molecule has 0 fully saturated rings. The van der Waals surface area contributed by atoms with E-state index in [1.54, 1.807) is 12.1 Å². The molecule has 0 spiro atoms. The van der Waals surface area contributed by atoms with Crippen LogP contribution in [0, 0.1) is 0 Å². The molecule has 1 aromatic carbocycles. The first-order valence-corrected chi connectivity index (χ1v) is 12.1. The second kappa shape index (κ2) is 15.9. The van der Waals surface area contributed by atoms with Gasteiger partial charge in [0.25, 0.3) is 0 Å². The first-order chi connectivity index (χ1) is 14.5. The van der Waals surface area contributed by atoms with E-state index < -0.39 is 11.9 Å². The highest BCUT2D eigenvalue weighted by molar-refractivity contribution is 6.01. The summed E-state index contributed by atoms with van der Waals surface area (Å²) in [6.45, 7) is 4.41. The molecular weight excluding hydrogens is 376 g/mol. The molecule has 1 atom stereocenters. The molecule has 0 bridgehead atoms. The summed E-state index contributed by atoms with van der Waals surface area (Å²) in [6.07, 6.45) is 17.3. The van der Waals surface area contributed by atoms with Gasteiger partial charge in [-0.15, -0.1) is 0 Å². The van der Waals surface area contributed by atoms with Crippen molar-refractivity contribution >= 4 is 11.9 Å². The highest BCUT2D eigenvalue weighted by Gasteiger charge is 2.18. The van der Waals surface area contributed by atoms with Crippen molar-refractivity contribution in [2.24, 2.45) is 0 Å². The maximum atomic E-state index is 11.8. The summed E-state index contributed by atoms with van der Waals surface area (Å²) >= 11 is 0. The molecular formula is C26H40O4-2. The normalized spacial score (nSPS) is 12.1. The lowest BCUT2D eigenvalue weighted by Crippen LogP contribution is -2.31. The van der Waals surface area contributed by atoms with Gasteiger partial charge >= 0.3 is 0 Å². The smallest absolute Gasteiger partial charge is 0.0724 e. The summed E-state index contributed by atoms with van der Waals surface area (Å²) in [5, 5.41) is 23.2. The van der Waals surface area contributed by atoms with Gasteiger partial charge in [0.1, 0.15) is 0 Å². The van der Waals surface area contributed by atoms with Crippen LogP contribution in [0.4, 0.5) is 0 Å². The third-order valence-corrected chi connectivity index (χ3v) is 6.02. The molecule has 1 aromatic rings. The van der Waals surface area contributed by atoms with E-state index in [4.69, 9.17) is 0 Å². The van der Waals surface area contributed by atoms with Crippen LogP contribution in [0.15, 0.2) is 18.2 Å². The minimum absolute atomic E-state index is 0.0546. The van der Waals surface area contributed by atoms with Crippen molar-refractivity contribution in [3.8, 4) is 0 Å². The van der Waals surface area contributed by atoms with Gasteiger partial charge in [0, 0.05) is 11.1 Å². The summed E-state index contributed by atoms with van der Waals surface area (Å²) in [5.41, 5.74) is 0.160. The fourth-order valence-corrected chi connectivity index (χ4v) is 4.28. The molecule has 0 heterocycles. The van der Waals surface area contributed by atoms with Crippen LogP contribution < -0.4 is 10.2 Å². The number of carboxylic acid groups (broad SMARTS) is 2. The second-order valence-corrected chi connectivity index (χ2v) is 8.51. The van der Waals surface area contributed by atoms with E-state index in [9.17, 15) is 19.8 Å². The van der Waals surface area contributed by atoms with Crippen LogP contribution >= 0.6 is 0 Å². The second-order valence-electron chi connectivity index (χ2n) is 8.51. The molecule has 0 N–H and O–H groups in total. The number of carboxylic acids is 2. The molecule has 4 heteroatoms. The molecule has 0 saturated carbocycles. The molecule has 1 unspecified atom stereocenters. The van der Waals surface area contributed by atoms with E-state index in [0.29, 0.717) is 5.56 Å². The Labute approximate surface area is 183 Å². The van der Waals surface area contributed by atoms with Crippen molar-refractivity contribution in [3.05, 3.63) is 34.9 Å². The number of rotatable bonds is 18. The highest BCUT2D eigenvalue weighted by Crippen LogP contribution is 2.32. The highest BCUT2D eigenvalue weighted by atomic mass is 16.4. The summed E-state index contributed by atoms with van der Waals surface area (Å²) in [6, 6.07) is 4.70. The molecule has 0 radical (unpaired) electrons. The molecule has 0 saturated heterocycles. The van der Waals surface area contributed by atoms with E-state index in [1.165, 1.54) is 63.9 Å². The Morgan fingerprint density at radius 3 is 1.60 bits per heavy atom. The molecule has 4 nitrogen and oxygen atoms in total. The number of carbonyl (C=O) groups excluding carboxylic acids is 2. The number of benzene rings is 1. The third-order valence-electron chi connectivity index (χ3n) is 6.02. The van der Waals surface area contributed by atoms with Gasteiger partial charge in [-0.2, -0.15) is 0 Å². The summed E-state index contributed by atoms with van der Waals surface area (Å²) < 4.78 is 0. The maximum Gasteiger partial charge on any atom is 0.0724 e. The average molecular weight is 417 g/mol. The first-order valence-electron chi connectivity index (χ1n) is 12.1.